The van der Waals surface area contributed by atoms with Crippen LogP contribution in [0.2, 0.25) is 0 Å². The summed E-state index contributed by atoms with van der Waals surface area (Å²) in [6, 6.07) is 10.3. The molecule has 0 radical (unpaired) electrons. The van der Waals surface area contributed by atoms with Crippen molar-refractivity contribution in [3.05, 3.63) is 35.9 Å². The highest BCUT2D eigenvalue weighted by Gasteiger charge is 2.05. The number of hydrogen-bond acceptors (Lipinski definition) is 4. The molecule has 1 aromatic rings. The molecule has 0 N–H and O–H groups in total. The molecule has 0 saturated carbocycles. The minimum absolute atomic E-state index is 0.0419. The van der Waals surface area contributed by atoms with Crippen LogP contribution in [0.4, 0.5) is 0 Å². The quantitative estimate of drug-likeness (QED) is 0.0777. The fourth-order valence-corrected chi connectivity index (χ4v) is 4.98. The van der Waals surface area contributed by atoms with Crippen LogP contribution in [-0.2, 0) is 25.5 Å². The number of ether oxygens (including phenoxy) is 2. The maximum Gasteiger partial charge on any atom is 0.305 e. The lowest BCUT2D eigenvalue weighted by Crippen LogP contribution is -2.06. The number of aryl methyl sites for hydroxylation is 1. The summed E-state index contributed by atoms with van der Waals surface area (Å²) in [7, 11) is 0. The summed E-state index contributed by atoms with van der Waals surface area (Å²) in [5.74, 6) is -0.121. The van der Waals surface area contributed by atoms with Gasteiger partial charge in [0.05, 0.1) is 13.2 Å². The third kappa shape index (κ3) is 24.9. The molecule has 0 spiro atoms. The lowest BCUT2D eigenvalue weighted by atomic mass is 10.0. The van der Waals surface area contributed by atoms with Gasteiger partial charge < -0.3 is 9.47 Å². The van der Waals surface area contributed by atoms with Crippen molar-refractivity contribution in [1.29, 1.82) is 0 Å². The Hall–Kier alpha value is -1.84. The van der Waals surface area contributed by atoms with Crippen LogP contribution in [0.25, 0.3) is 0 Å². The van der Waals surface area contributed by atoms with Crippen molar-refractivity contribution < 1.29 is 19.1 Å². The van der Waals surface area contributed by atoms with Gasteiger partial charge >= 0.3 is 11.9 Å². The van der Waals surface area contributed by atoms with Crippen molar-refractivity contribution in [2.75, 3.05) is 13.2 Å². The summed E-state index contributed by atoms with van der Waals surface area (Å²) in [5, 5.41) is 0. The van der Waals surface area contributed by atoms with Gasteiger partial charge in [0.15, 0.2) is 0 Å². The average molecular weight is 545 g/mol. The van der Waals surface area contributed by atoms with Crippen LogP contribution in [-0.4, -0.2) is 25.2 Å². The van der Waals surface area contributed by atoms with Crippen LogP contribution in [0.3, 0.4) is 0 Å². The van der Waals surface area contributed by atoms with E-state index < -0.39 is 0 Å². The molecule has 0 saturated heterocycles. The predicted molar refractivity (Wildman–Crippen MR) is 164 cm³/mol. The number of hydrogen-bond donors (Lipinski definition) is 0. The van der Waals surface area contributed by atoms with Gasteiger partial charge in [0.25, 0.3) is 0 Å². The van der Waals surface area contributed by atoms with Gasteiger partial charge in [-0.15, -0.1) is 0 Å². The molecule has 0 unspecified atom stereocenters. The molecule has 0 heterocycles. The van der Waals surface area contributed by atoms with Crippen molar-refractivity contribution in [2.24, 2.45) is 0 Å². The molecule has 4 nitrogen and oxygen atoms in total. The minimum atomic E-state index is -0.0791. The van der Waals surface area contributed by atoms with Gasteiger partial charge in [0.2, 0.25) is 0 Å². The second kappa shape index (κ2) is 27.7. The summed E-state index contributed by atoms with van der Waals surface area (Å²) in [4.78, 5) is 23.7. The second-order valence-electron chi connectivity index (χ2n) is 11.2. The molecule has 0 aromatic heterocycles. The van der Waals surface area contributed by atoms with Crippen LogP contribution in [0.15, 0.2) is 30.3 Å². The topological polar surface area (TPSA) is 52.6 Å². The minimum Gasteiger partial charge on any atom is -0.466 e. The van der Waals surface area contributed by atoms with Gasteiger partial charge in [-0.2, -0.15) is 0 Å². The van der Waals surface area contributed by atoms with Gasteiger partial charge in [-0.25, -0.2) is 0 Å². The standard InChI is InChI=1S/C35H60O4/c1-2-3-4-5-6-7-8-9-10-11-12-15-18-24-31-38-34(36)29-22-16-13-14-17-23-30-35(37)39-32-25-28-33-26-20-19-21-27-33/h19-21,26-27H,2-18,22-25,28-32H2,1H3. The Balaban J connectivity index is 1.74. The van der Waals surface area contributed by atoms with E-state index >= 15 is 0 Å². The highest BCUT2D eigenvalue weighted by Crippen LogP contribution is 2.14. The summed E-state index contributed by atoms with van der Waals surface area (Å²) in [6.45, 7) is 3.36. The van der Waals surface area contributed by atoms with Crippen LogP contribution >= 0.6 is 0 Å². The van der Waals surface area contributed by atoms with Crippen LogP contribution in [0, 0.1) is 0 Å². The Morgan fingerprint density at radius 1 is 0.487 bits per heavy atom. The first-order chi connectivity index (χ1) is 19.2. The summed E-state index contributed by atoms with van der Waals surface area (Å²) in [6.07, 6.45) is 27.7. The lowest BCUT2D eigenvalue weighted by molar-refractivity contribution is -0.144. The van der Waals surface area contributed by atoms with Crippen LogP contribution < -0.4 is 0 Å². The van der Waals surface area contributed by atoms with E-state index in [-0.39, 0.29) is 11.9 Å². The van der Waals surface area contributed by atoms with Crippen molar-refractivity contribution in [3.8, 4) is 0 Å². The van der Waals surface area contributed by atoms with Gasteiger partial charge in [-0.1, -0.05) is 146 Å². The summed E-state index contributed by atoms with van der Waals surface area (Å²) in [5.41, 5.74) is 1.28. The second-order valence-corrected chi connectivity index (χ2v) is 11.2. The Morgan fingerprint density at radius 2 is 0.872 bits per heavy atom. The molecule has 39 heavy (non-hydrogen) atoms. The predicted octanol–water partition coefficient (Wildman–Crippen LogP) is 10.3. The van der Waals surface area contributed by atoms with Gasteiger partial charge in [0, 0.05) is 12.8 Å². The van der Waals surface area contributed by atoms with Gasteiger partial charge in [0.1, 0.15) is 0 Å². The molecule has 0 aliphatic heterocycles. The maximum atomic E-state index is 11.9. The van der Waals surface area contributed by atoms with Crippen LogP contribution in [0.1, 0.15) is 160 Å². The Labute approximate surface area is 241 Å². The van der Waals surface area contributed by atoms with E-state index in [4.69, 9.17) is 9.47 Å². The molecule has 224 valence electrons. The molecule has 0 aliphatic rings. The first kappa shape index (κ1) is 35.2. The molecule has 0 aliphatic carbocycles. The maximum absolute atomic E-state index is 11.9. The van der Waals surface area contributed by atoms with Crippen molar-refractivity contribution in [3.63, 3.8) is 0 Å². The SMILES string of the molecule is CCCCCCCCCCCCCCCCOC(=O)CCCCCCCCC(=O)OCCCc1ccccc1. The fraction of sp³-hybridized carbons (Fsp3) is 0.771. The summed E-state index contributed by atoms with van der Waals surface area (Å²) >= 11 is 0. The third-order valence-electron chi connectivity index (χ3n) is 7.49. The molecule has 0 bridgehead atoms. The zero-order valence-corrected chi connectivity index (χ0v) is 25.4. The Morgan fingerprint density at radius 3 is 1.33 bits per heavy atom. The van der Waals surface area contributed by atoms with Crippen molar-refractivity contribution >= 4 is 11.9 Å². The Bertz CT molecular complexity index is 672. The average Bonchev–Trinajstić information content (AvgIpc) is 2.95. The first-order valence-electron chi connectivity index (χ1n) is 16.6. The van der Waals surface area contributed by atoms with Gasteiger partial charge in [-0.05, 0) is 37.7 Å². The summed E-state index contributed by atoms with van der Waals surface area (Å²) < 4.78 is 10.7. The third-order valence-corrected chi connectivity index (χ3v) is 7.49. The molecular weight excluding hydrogens is 484 g/mol. The number of carbonyl (C=O) groups excluding carboxylic acids is 2. The Kier molecular flexibility index (Phi) is 25.0. The van der Waals surface area contributed by atoms with E-state index in [1.807, 2.05) is 18.2 Å². The highest BCUT2D eigenvalue weighted by molar-refractivity contribution is 5.69. The molecule has 1 aromatic carbocycles. The zero-order valence-electron chi connectivity index (χ0n) is 25.4. The van der Waals surface area contributed by atoms with E-state index in [1.165, 1.54) is 89.0 Å². The molecule has 1 rings (SSSR count). The van der Waals surface area contributed by atoms with Gasteiger partial charge in [-0.3, -0.25) is 9.59 Å². The number of unbranched alkanes of at least 4 members (excludes halogenated alkanes) is 18. The van der Waals surface area contributed by atoms with E-state index in [2.05, 4.69) is 19.1 Å². The highest BCUT2D eigenvalue weighted by atomic mass is 16.5. The normalized spacial score (nSPS) is 11.0. The fourth-order valence-electron chi connectivity index (χ4n) is 4.98. The lowest BCUT2D eigenvalue weighted by Gasteiger charge is -2.06. The molecular formula is C35H60O4. The first-order valence-corrected chi connectivity index (χ1v) is 16.6. The number of esters is 2. The largest absolute Gasteiger partial charge is 0.466 e. The number of carbonyl (C=O) groups is 2. The molecule has 0 amide bonds. The van der Waals surface area contributed by atoms with E-state index in [0.717, 1.165) is 57.8 Å². The van der Waals surface area contributed by atoms with E-state index in [1.54, 1.807) is 0 Å². The van der Waals surface area contributed by atoms with E-state index in [9.17, 15) is 9.59 Å². The monoisotopic (exact) mass is 544 g/mol. The number of rotatable bonds is 28. The number of benzene rings is 1. The smallest absolute Gasteiger partial charge is 0.305 e. The van der Waals surface area contributed by atoms with Crippen molar-refractivity contribution in [2.45, 2.75) is 161 Å². The molecule has 0 atom stereocenters. The van der Waals surface area contributed by atoms with Crippen molar-refractivity contribution in [1.82, 2.24) is 0 Å². The molecule has 0 fully saturated rings. The van der Waals surface area contributed by atoms with E-state index in [0.29, 0.717) is 26.1 Å². The van der Waals surface area contributed by atoms with Crippen LogP contribution in [0.5, 0.6) is 0 Å². The molecule has 4 heteroatoms. The zero-order chi connectivity index (χ0) is 28.1.